The molecule has 0 radical (unpaired) electrons. The molecule has 0 bridgehead atoms. The van der Waals surface area contributed by atoms with Crippen LogP contribution in [0.4, 0.5) is 0 Å². The molecule has 1 aromatic carbocycles. The van der Waals surface area contributed by atoms with Crippen molar-refractivity contribution in [1.29, 1.82) is 0 Å². The van der Waals surface area contributed by atoms with Crippen LogP contribution in [0.3, 0.4) is 0 Å². The molecule has 1 N–H and O–H groups in total. The maximum absolute atomic E-state index is 6.21. The van der Waals surface area contributed by atoms with Crippen molar-refractivity contribution in [3.05, 3.63) is 35.4 Å². The Morgan fingerprint density at radius 2 is 1.83 bits per heavy atom. The van der Waals surface area contributed by atoms with Crippen molar-refractivity contribution < 1.29 is 9.47 Å². The van der Waals surface area contributed by atoms with Crippen LogP contribution >= 0.6 is 11.6 Å². The Morgan fingerprint density at radius 3 is 2.39 bits per heavy atom. The molecule has 0 atom stereocenters. The van der Waals surface area contributed by atoms with Crippen LogP contribution in [0.1, 0.15) is 19.4 Å². The Kier molecular flexibility index (Phi) is 6.61. The van der Waals surface area contributed by atoms with Gasteiger partial charge in [0.1, 0.15) is 0 Å². The molecule has 4 heteroatoms. The zero-order valence-electron chi connectivity index (χ0n) is 11.0. The molecule has 0 aliphatic rings. The lowest BCUT2D eigenvalue weighted by atomic mass is 10.2. The molecule has 0 fully saturated rings. The summed E-state index contributed by atoms with van der Waals surface area (Å²) in [5.74, 6) is 1.43. The van der Waals surface area contributed by atoms with Crippen molar-refractivity contribution in [3.63, 3.8) is 0 Å². The van der Waals surface area contributed by atoms with E-state index in [1.165, 1.54) is 0 Å². The molecule has 1 aromatic rings. The van der Waals surface area contributed by atoms with Gasteiger partial charge in [-0.25, -0.2) is 0 Å². The number of benzene rings is 1. The molecule has 3 nitrogen and oxygen atoms in total. The van der Waals surface area contributed by atoms with E-state index in [-0.39, 0.29) is 0 Å². The van der Waals surface area contributed by atoms with Crippen LogP contribution < -0.4 is 14.8 Å². The van der Waals surface area contributed by atoms with Gasteiger partial charge in [0.15, 0.2) is 11.5 Å². The first kappa shape index (κ1) is 14.9. The Morgan fingerprint density at radius 1 is 1.22 bits per heavy atom. The fourth-order valence-electron chi connectivity index (χ4n) is 1.56. The number of halogens is 1. The van der Waals surface area contributed by atoms with Crippen molar-refractivity contribution in [2.24, 2.45) is 0 Å². The van der Waals surface area contributed by atoms with Crippen LogP contribution in [0, 0.1) is 0 Å². The Bertz CT molecular complexity index is 394. The monoisotopic (exact) mass is 269 g/mol. The maximum atomic E-state index is 6.21. The Hall–Kier alpha value is -1.19. The van der Waals surface area contributed by atoms with Crippen LogP contribution in [-0.2, 0) is 6.54 Å². The SMILES string of the molecule is C=CCNCc1cc(OCC)c(OCC)cc1Cl. The number of ether oxygens (including phenoxy) is 2. The summed E-state index contributed by atoms with van der Waals surface area (Å²) in [5, 5.41) is 3.89. The Balaban J connectivity index is 2.90. The summed E-state index contributed by atoms with van der Waals surface area (Å²) in [6.45, 7) is 10.1. The van der Waals surface area contributed by atoms with Crippen molar-refractivity contribution in [3.8, 4) is 11.5 Å². The van der Waals surface area contributed by atoms with Crippen molar-refractivity contribution in [1.82, 2.24) is 5.32 Å². The molecule has 0 heterocycles. The van der Waals surface area contributed by atoms with Gasteiger partial charge in [0.2, 0.25) is 0 Å². The van der Waals surface area contributed by atoms with Gasteiger partial charge in [0, 0.05) is 24.2 Å². The molecule has 0 aliphatic heterocycles. The van der Waals surface area contributed by atoms with Gasteiger partial charge in [-0.05, 0) is 25.5 Å². The van der Waals surface area contributed by atoms with Gasteiger partial charge in [-0.15, -0.1) is 6.58 Å². The predicted molar refractivity (Wildman–Crippen MR) is 75.7 cm³/mol. The van der Waals surface area contributed by atoms with Gasteiger partial charge in [-0.3, -0.25) is 0 Å². The molecule has 0 unspecified atom stereocenters. The number of hydrogen-bond donors (Lipinski definition) is 1. The molecule has 0 amide bonds. The van der Waals surface area contributed by atoms with E-state index in [9.17, 15) is 0 Å². The highest BCUT2D eigenvalue weighted by atomic mass is 35.5. The average molecular weight is 270 g/mol. The first-order valence-corrected chi connectivity index (χ1v) is 6.50. The molecule has 0 saturated carbocycles. The summed E-state index contributed by atoms with van der Waals surface area (Å²) in [5.41, 5.74) is 0.991. The molecule has 0 aromatic heterocycles. The van der Waals surface area contributed by atoms with Gasteiger partial charge in [-0.2, -0.15) is 0 Å². The molecule has 100 valence electrons. The zero-order valence-corrected chi connectivity index (χ0v) is 11.7. The lowest BCUT2D eigenvalue weighted by Crippen LogP contribution is -2.13. The molecule has 18 heavy (non-hydrogen) atoms. The van der Waals surface area contributed by atoms with Crippen molar-refractivity contribution in [2.75, 3.05) is 19.8 Å². The molecule has 0 aliphatic carbocycles. The zero-order chi connectivity index (χ0) is 13.4. The third-order valence-electron chi connectivity index (χ3n) is 2.32. The Labute approximate surface area is 114 Å². The van der Waals surface area contributed by atoms with E-state index in [0.29, 0.717) is 30.5 Å². The lowest BCUT2D eigenvalue weighted by molar-refractivity contribution is 0.287. The second kappa shape index (κ2) is 8.01. The van der Waals surface area contributed by atoms with E-state index in [1.54, 1.807) is 6.07 Å². The van der Waals surface area contributed by atoms with Gasteiger partial charge >= 0.3 is 0 Å². The summed E-state index contributed by atoms with van der Waals surface area (Å²) in [7, 11) is 0. The number of nitrogens with one attached hydrogen (secondary N) is 1. The van der Waals surface area contributed by atoms with Crippen LogP contribution in [0.15, 0.2) is 24.8 Å². The highest BCUT2D eigenvalue weighted by Crippen LogP contribution is 2.33. The molecule has 0 saturated heterocycles. The van der Waals surface area contributed by atoms with E-state index < -0.39 is 0 Å². The quantitative estimate of drug-likeness (QED) is 0.579. The first-order chi connectivity index (χ1) is 8.72. The highest BCUT2D eigenvalue weighted by molar-refractivity contribution is 6.31. The van der Waals surface area contributed by atoms with Gasteiger partial charge < -0.3 is 14.8 Å². The largest absolute Gasteiger partial charge is 0.490 e. The topological polar surface area (TPSA) is 30.5 Å². The summed E-state index contributed by atoms with van der Waals surface area (Å²) in [6, 6.07) is 3.73. The third kappa shape index (κ3) is 4.24. The van der Waals surface area contributed by atoms with Crippen molar-refractivity contribution in [2.45, 2.75) is 20.4 Å². The summed E-state index contributed by atoms with van der Waals surface area (Å²) in [4.78, 5) is 0. The van der Waals surface area contributed by atoms with Crippen molar-refractivity contribution >= 4 is 11.6 Å². The second-order valence-corrected chi connectivity index (χ2v) is 4.08. The minimum absolute atomic E-state index is 0.588. The molecule has 1 rings (SSSR count). The van der Waals surface area contributed by atoms with Gasteiger partial charge in [0.05, 0.1) is 13.2 Å². The van der Waals surface area contributed by atoms with Crippen LogP contribution in [0.5, 0.6) is 11.5 Å². The fraction of sp³-hybridized carbons (Fsp3) is 0.429. The summed E-state index contributed by atoms with van der Waals surface area (Å²) < 4.78 is 11.1. The normalized spacial score (nSPS) is 10.2. The minimum Gasteiger partial charge on any atom is -0.490 e. The fourth-order valence-corrected chi connectivity index (χ4v) is 1.78. The second-order valence-electron chi connectivity index (χ2n) is 3.68. The van der Waals surface area contributed by atoms with Gasteiger partial charge in [0.25, 0.3) is 0 Å². The van der Waals surface area contributed by atoms with Crippen LogP contribution in [-0.4, -0.2) is 19.8 Å². The number of rotatable bonds is 8. The molecular weight excluding hydrogens is 250 g/mol. The summed E-state index contributed by atoms with van der Waals surface area (Å²) >= 11 is 6.21. The first-order valence-electron chi connectivity index (χ1n) is 6.12. The lowest BCUT2D eigenvalue weighted by Gasteiger charge is -2.14. The van der Waals surface area contributed by atoms with E-state index >= 15 is 0 Å². The van der Waals surface area contributed by atoms with E-state index in [2.05, 4.69) is 11.9 Å². The molecular formula is C14H20ClNO2. The van der Waals surface area contributed by atoms with Crippen LogP contribution in [0.25, 0.3) is 0 Å². The predicted octanol–water partition coefficient (Wildman–Crippen LogP) is 3.41. The maximum Gasteiger partial charge on any atom is 0.162 e. The van der Waals surface area contributed by atoms with E-state index in [4.69, 9.17) is 21.1 Å². The average Bonchev–Trinajstić information content (AvgIpc) is 2.35. The third-order valence-corrected chi connectivity index (χ3v) is 2.67. The smallest absolute Gasteiger partial charge is 0.162 e. The van der Waals surface area contributed by atoms with E-state index in [0.717, 1.165) is 17.9 Å². The standard InChI is InChI=1S/C14H20ClNO2/c1-4-7-16-10-11-8-13(17-5-2)14(18-6-3)9-12(11)15/h4,8-9,16H,1,5-7,10H2,2-3H3. The van der Waals surface area contributed by atoms with Gasteiger partial charge in [-0.1, -0.05) is 17.7 Å². The van der Waals surface area contributed by atoms with Crippen LogP contribution in [0.2, 0.25) is 5.02 Å². The number of hydrogen-bond acceptors (Lipinski definition) is 3. The summed E-state index contributed by atoms with van der Waals surface area (Å²) in [6.07, 6.45) is 1.81. The highest BCUT2D eigenvalue weighted by Gasteiger charge is 2.10. The molecule has 0 spiro atoms. The van der Waals surface area contributed by atoms with E-state index in [1.807, 2.05) is 26.0 Å². The minimum atomic E-state index is 0.588.